The van der Waals surface area contributed by atoms with Crippen molar-refractivity contribution >= 4 is 10.0 Å². The number of hydrogen-bond acceptors (Lipinski definition) is 5. The average molecular weight is 416 g/mol. The van der Waals surface area contributed by atoms with Gasteiger partial charge in [0, 0.05) is 25.6 Å². The third kappa shape index (κ3) is 5.43. The molecular formula is C18H19F3N2O4S. The maximum Gasteiger partial charge on any atom is 0.573 e. The Hall–Kier alpha value is -2.17. The van der Waals surface area contributed by atoms with Crippen LogP contribution in [0.1, 0.15) is 24.4 Å². The van der Waals surface area contributed by atoms with Gasteiger partial charge in [-0.15, -0.1) is 13.2 Å². The maximum absolute atomic E-state index is 12.8. The van der Waals surface area contributed by atoms with Crippen LogP contribution in [-0.2, 0) is 14.8 Å². The fourth-order valence-corrected chi connectivity index (χ4v) is 4.39. The minimum atomic E-state index is -4.84. The Morgan fingerprint density at radius 1 is 1.14 bits per heavy atom. The predicted octanol–water partition coefficient (Wildman–Crippen LogP) is 3.43. The first kappa shape index (κ1) is 20.6. The van der Waals surface area contributed by atoms with Gasteiger partial charge in [0.2, 0.25) is 10.0 Å². The molecule has 1 aromatic heterocycles. The van der Waals surface area contributed by atoms with Gasteiger partial charge in [-0.3, -0.25) is 4.98 Å². The Kier molecular flexibility index (Phi) is 6.21. The molecule has 1 aliphatic rings. The van der Waals surface area contributed by atoms with E-state index in [1.807, 2.05) is 0 Å². The highest BCUT2D eigenvalue weighted by atomic mass is 32.2. The number of benzene rings is 1. The lowest BCUT2D eigenvalue weighted by Crippen LogP contribution is -2.36. The summed E-state index contributed by atoms with van der Waals surface area (Å²) in [5.41, 5.74) is 0.718. The second-order valence-electron chi connectivity index (χ2n) is 6.35. The van der Waals surface area contributed by atoms with Gasteiger partial charge in [0.15, 0.2) is 0 Å². The summed E-state index contributed by atoms with van der Waals surface area (Å²) in [4.78, 5) is 3.91. The fraction of sp³-hybridized carbons (Fsp3) is 0.389. The minimum Gasteiger partial charge on any atom is -0.406 e. The van der Waals surface area contributed by atoms with Crippen LogP contribution in [0.15, 0.2) is 53.7 Å². The number of nitrogens with one attached hydrogen (secondary N) is 1. The third-order valence-corrected chi connectivity index (χ3v) is 5.89. The second-order valence-corrected chi connectivity index (χ2v) is 8.07. The van der Waals surface area contributed by atoms with E-state index in [-0.39, 0.29) is 10.8 Å². The van der Waals surface area contributed by atoms with Crippen molar-refractivity contribution in [3.05, 3.63) is 54.4 Å². The van der Waals surface area contributed by atoms with Gasteiger partial charge in [0.05, 0.1) is 10.9 Å². The van der Waals surface area contributed by atoms with Gasteiger partial charge in [-0.05, 0) is 54.7 Å². The van der Waals surface area contributed by atoms with E-state index >= 15 is 0 Å². The monoisotopic (exact) mass is 416 g/mol. The van der Waals surface area contributed by atoms with Gasteiger partial charge >= 0.3 is 6.36 Å². The zero-order valence-electron chi connectivity index (χ0n) is 14.7. The summed E-state index contributed by atoms with van der Waals surface area (Å²) < 4.78 is 74.3. The third-order valence-electron chi connectivity index (χ3n) is 4.43. The first-order valence-corrected chi connectivity index (χ1v) is 10.1. The molecule has 0 saturated carbocycles. The molecule has 0 unspecified atom stereocenters. The summed E-state index contributed by atoms with van der Waals surface area (Å²) >= 11 is 0. The lowest BCUT2D eigenvalue weighted by molar-refractivity contribution is -0.274. The average Bonchev–Trinajstić information content (AvgIpc) is 2.67. The van der Waals surface area contributed by atoms with Crippen molar-refractivity contribution in [1.82, 2.24) is 9.71 Å². The first-order valence-electron chi connectivity index (χ1n) is 8.60. The standard InChI is InChI=1S/C18H19F3N2O4S/c19-18(20,21)27-15-3-5-16(6-4-15)28(24,25)23-17(13-7-10-26-11-8-13)14-2-1-9-22-12-14/h1-6,9,12-13,17,23H,7-8,10-11H2/t17-/m0/s1. The predicted molar refractivity (Wildman–Crippen MR) is 94.0 cm³/mol. The van der Waals surface area contributed by atoms with E-state index in [1.165, 1.54) is 0 Å². The number of sulfonamides is 1. The Labute approximate surface area is 160 Å². The largest absolute Gasteiger partial charge is 0.573 e. The van der Waals surface area contributed by atoms with Gasteiger partial charge in [-0.25, -0.2) is 13.1 Å². The molecule has 28 heavy (non-hydrogen) atoms. The van der Waals surface area contributed by atoms with Gasteiger partial charge in [0.1, 0.15) is 5.75 Å². The van der Waals surface area contributed by atoms with Crippen molar-refractivity contribution in [2.75, 3.05) is 13.2 Å². The second kappa shape index (κ2) is 8.46. The first-order chi connectivity index (χ1) is 13.2. The van der Waals surface area contributed by atoms with Gasteiger partial charge in [-0.1, -0.05) is 6.07 Å². The van der Waals surface area contributed by atoms with E-state index in [4.69, 9.17) is 4.74 Å². The topological polar surface area (TPSA) is 77.5 Å². The van der Waals surface area contributed by atoms with Crippen molar-refractivity contribution in [2.45, 2.75) is 30.1 Å². The summed E-state index contributed by atoms with van der Waals surface area (Å²) in [6.07, 6.45) is -0.282. The van der Waals surface area contributed by atoms with Crippen LogP contribution in [0.4, 0.5) is 13.2 Å². The molecule has 0 amide bonds. The molecule has 1 aromatic carbocycles. The molecule has 0 bridgehead atoms. The number of ether oxygens (including phenoxy) is 2. The van der Waals surface area contributed by atoms with E-state index in [1.54, 1.807) is 24.5 Å². The Bertz CT molecular complexity index is 868. The van der Waals surface area contributed by atoms with E-state index in [2.05, 4.69) is 14.4 Å². The van der Waals surface area contributed by atoms with Gasteiger partial charge < -0.3 is 9.47 Å². The molecule has 0 radical (unpaired) electrons. The molecule has 3 rings (SSSR count). The number of hydrogen-bond donors (Lipinski definition) is 1. The lowest BCUT2D eigenvalue weighted by Gasteiger charge is -2.31. The van der Waals surface area contributed by atoms with Crippen molar-refractivity contribution < 1.29 is 31.1 Å². The normalized spacial score (nSPS) is 17.2. The highest BCUT2D eigenvalue weighted by Gasteiger charge is 2.32. The number of nitrogens with zero attached hydrogens (tertiary/aromatic N) is 1. The molecule has 1 fully saturated rings. The molecular weight excluding hydrogens is 397 g/mol. The molecule has 10 heteroatoms. The van der Waals surface area contributed by atoms with E-state index < -0.39 is 28.2 Å². The molecule has 1 saturated heterocycles. The van der Waals surface area contributed by atoms with Crippen molar-refractivity contribution in [3.8, 4) is 5.75 Å². The number of halogens is 3. The van der Waals surface area contributed by atoms with Crippen LogP contribution in [0.5, 0.6) is 5.75 Å². The zero-order chi connectivity index (χ0) is 20.2. The minimum absolute atomic E-state index is 0.0144. The fourth-order valence-electron chi connectivity index (χ4n) is 3.10. The highest BCUT2D eigenvalue weighted by Crippen LogP contribution is 2.31. The molecule has 2 aromatic rings. The summed E-state index contributed by atoms with van der Waals surface area (Å²) in [5.74, 6) is -0.472. The van der Waals surface area contributed by atoms with Crippen LogP contribution in [-0.4, -0.2) is 33.0 Å². The smallest absolute Gasteiger partial charge is 0.406 e. The molecule has 2 heterocycles. The molecule has 1 N–H and O–H groups in total. The maximum atomic E-state index is 12.8. The van der Waals surface area contributed by atoms with Gasteiger partial charge in [0.25, 0.3) is 0 Å². The van der Waals surface area contributed by atoms with E-state index in [9.17, 15) is 21.6 Å². The quantitative estimate of drug-likeness (QED) is 0.781. The number of alkyl halides is 3. The Morgan fingerprint density at radius 3 is 2.39 bits per heavy atom. The van der Waals surface area contributed by atoms with Crippen LogP contribution < -0.4 is 9.46 Å². The summed E-state index contributed by atoms with van der Waals surface area (Å²) in [5, 5.41) is 0. The number of pyridine rings is 1. The molecule has 1 aliphatic heterocycles. The van der Waals surface area contributed by atoms with E-state index in [0.717, 1.165) is 29.8 Å². The molecule has 152 valence electrons. The van der Waals surface area contributed by atoms with Crippen LogP contribution in [0.25, 0.3) is 0 Å². The number of aromatic nitrogens is 1. The molecule has 0 aliphatic carbocycles. The SMILES string of the molecule is O=S(=O)(N[C@H](c1cccnc1)C1CCOCC1)c1ccc(OC(F)(F)F)cc1. The molecule has 0 spiro atoms. The lowest BCUT2D eigenvalue weighted by atomic mass is 9.88. The van der Waals surface area contributed by atoms with Crippen LogP contribution in [0.2, 0.25) is 0 Å². The molecule has 1 atom stereocenters. The van der Waals surface area contributed by atoms with Crippen LogP contribution in [0, 0.1) is 5.92 Å². The van der Waals surface area contributed by atoms with Crippen molar-refractivity contribution in [3.63, 3.8) is 0 Å². The molecule has 6 nitrogen and oxygen atoms in total. The summed E-state index contributed by atoms with van der Waals surface area (Å²) in [7, 11) is -3.97. The highest BCUT2D eigenvalue weighted by molar-refractivity contribution is 7.89. The zero-order valence-corrected chi connectivity index (χ0v) is 15.5. The Balaban J connectivity index is 1.82. The summed E-state index contributed by atoms with van der Waals surface area (Å²) in [6, 6.07) is 7.08. The van der Waals surface area contributed by atoms with Crippen molar-refractivity contribution in [2.24, 2.45) is 5.92 Å². The number of rotatable bonds is 6. The van der Waals surface area contributed by atoms with Crippen LogP contribution in [0.3, 0.4) is 0 Å². The summed E-state index contributed by atoms with van der Waals surface area (Å²) in [6.45, 7) is 1.07. The van der Waals surface area contributed by atoms with Crippen LogP contribution >= 0.6 is 0 Å². The van der Waals surface area contributed by atoms with Crippen molar-refractivity contribution in [1.29, 1.82) is 0 Å². The van der Waals surface area contributed by atoms with E-state index in [0.29, 0.717) is 26.1 Å². The Morgan fingerprint density at radius 2 is 1.82 bits per heavy atom. The van der Waals surface area contributed by atoms with Gasteiger partial charge in [-0.2, -0.15) is 0 Å².